The lowest BCUT2D eigenvalue weighted by molar-refractivity contribution is 0.110. The molecule has 0 aliphatic heterocycles. The molecule has 2 saturated carbocycles. The van der Waals surface area contributed by atoms with Gasteiger partial charge in [0.05, 0.1) is 25.2 Å². The van der Waals surface area contributed by atoms with Crippen LogP contribution in [0.2, 0.25) is 0 Å². The summed E-state index contributed by atoms with van der Waals surface area (Å²) in [7, 11) is 1.66. The molecule has 0 aromatic heterocycles. The molecular weight excluding hydrogens is 276 g/mol. The molecule has 0 unspecified atom stereocenters. The van der Waals surface area contributed by atoms with Crippen molar-refractivity contribution in [2.75, 3.05) is 13.7 Å². The summed E-state index contributed by atoms with van der Waals surface area (Å²) < 4.78 is 11.4. The Labute approximate surface area is 132 Å². The van der Waals surface area contributed by atoms with Crippen molar-refractivity contribution >= 4 is 0 Å². The second-order valence-electron chi connectivity index (χ2n) is 6.58. The molecule has 3 nitrogen and oxygen atoms in total. The molecule has 2 aliphatic rings. The lowest BCUT2D eigenvalue weighted by Gasteiger charge is -2.35. The van der Waals surface area contributed by atoms with E-state index in [0.717, 1.165) is 49.4 Å². The van der Waals surface area contributed by atoms with Gasteiger partial charge in [-0.1, -0.05) is 12.0 Å². The van der Waals surface area contributed by atoms with Gasteiger partial charge in [0, 0.05) is 0 Å². The molecule has 1 aromatic carbocycles. The molecule has 0 heterocycles. The Kier molecular flexibility index (Phi) is 4.31. The van der Waals surface area contributed by atoms with Crippen molar-refractivity contribution < 1.29 is 14.6 Å². The predicted molar refractivity (Wildman–Crippen MR) is 86.2 cm³/mol. The van der Waals surface area contributed by atoms with Crippen molar-refractivity contribution in [2.24, 2.45) is 5.92 Å². The lowest BCUT2D eigenvalue weighted by Crippen LogP contribution is -2.32. The van der Waals surface area contributed by atoms with E-state index in [4.69, 9.17) is 15.9 Å². The van der Waals surface area contributed by atoms with Gasteiger partial charge in [-0.15, -0.1) is 6.42 Å². The third-order valence-corrected chi connectivity index (χ3v) is 4.97. The predicted octanol–water partition coefficient (Wildman–Crippen LogP) is 3.29. The SMILES string of the molecule is C#C[C@]1(c2ccc(OC)c(OCC3CC3)c2)CC[C@H](O)CC1. The number of aliphatic hydroxyl groups is 1. The summed E-state index contributed by atoms with van der Waals surface area (Å²) in [5.41, 5.74) is 0.817. The molecule has 0 radical (unpaired) electrons. The Morgan fingerprint density at radius 2 is 1.95 bits per heavy atom. The van der Waals surface area contributed by atoms with Crippen molar-refractivity contribution in [1.29, 1.82) is 0 Å². The zero-order valence-corrected chi connectivity index (χ0v) is 13.2. The van der Waals surface area contributed by atoms with Crippen LogP contribution < -0.4 is 9.47 Å². The van der Waals surface area contributed by atoms with Gasteiger partial charge in [0.1, 0.15) is 0 Å². The summed E-state index contributed by atoms with van der Waals surface area (Å²) >= 11 is 0. The summed E-state index contributed by atoms with van der Waals surface area (Å²) in [6, 6.07) is 6.03. The summed E-state index contributed by atoms with van der Waals surface area (Å²) in [6.07, 6.45) is 11.3. The standard InChI is InChI=1S/C19H24O3/c1-3-19(10-8-16(20)9-11-19)15-6-7-17(21-2)18(12-15)22-13-14-4-5-14/h1,6-7,12,14,16,20H,4-5,8-11,13H2,2H3/t16-,19-. The Bertz CT molecular complexity index is 561. The Morgan fingerprint density at radius 1 is 1.23 bits per heavy atom. The highest BCUT2D eigenvalue weighted by atomic mass is 16.5. The fourth-order valence-electron chi connectivity index (χ4n) is 3.19. The first-order chi connectivity index (χ1) is 10.7. The molecule has 1 aromatic rings. The summed E-state index contributed by atoms with van der Waals surface area (Å²) in [4.78, 5) is 0. The van der Waals surface area contributed by atoms with Crippen LogP contribution in [0.5, 0.6) is 11.5 Å². The molecule has 3 heteroatoms. The van der Waals surface area contributed by atoms with Crippen LogP contribution in [0.3, 0.4) is 0 Å². The number of hydrogen-bond donors (Lipinski definition) is 1. The molecule has 0 amide bonds. The monoisotopic (exact) mass is 300 g/mol. The summed E-state index contributed by atoms with van der Waals surface area (Å²) in [6.45, 7) is 0.752. The molecule has 22 heavy (non-hydrogen) atoms. The van der Waals surface area contributed by atoms with E-state index < -0.39 is 0 Å². The lowest BCUT2D eigenvalue weighted by atomic mass is 9.69. The number of methoxy groups -OCH3 is 1. The van der Waals surface area contributed by atoms with Gasteiger partial charge in [-0.2, -0.15) is 0 Å². The van der Waals surface area contributed by atoms with E-state index in [2.05, 4.69) is 5.92 Å². The molecule has 2 fully saturated rings. The van der Waals surface area contributed by atoms with Gasteiger partial charge in [-0.25, -0.2) is 0 Å². The molecule has 2 aliphatic carbocycles. The van der Waals surface area contributed by atoms with Gasteiger partial charge in [0.2, 0.25) is 0 Å². The van der Waals surface area contributed by atoms with Crippen LogP contribution in [0.15, 0.2) is 18.2 Å². The number of benzene rings is 1. The third kappa shape index (κ3) is 3.08. The third-order valence-electron chi connectivity index (χ3n) is 4.97. The van der Waals surface area contributed by atoms with Gasteiger partial charge in [0.15, 0.2) is 11.5 Å². The average molecular weight is 300 g/mol. The number of terminal acetylenes is 1. The van der Waals surface area contributed by atoms with E-state index in [-0.39, 0.29) is 11.5 Å². The molecule has 0 spiro atoms. The zero-order valence-electron chi connectivity index (χ0n) is 13.2. The first kappa shape index (κ1) is 15.2. The maximum Gasteiger partial charge on any atom is 0.161 e. The van der Waals surface area contributed by atoms with Crippen molar-refractivity contribution in [3.63, 3.8) is 0 Å². The highest BCUT2D eigenvalue weighted by Gasteiger charge is 2.35. The molecule has 118 valence electrons. The van der Waals surface area contributed by atoms with E-state index in [0.29, 0.717) is 5.92 Å². The Balaban J connectivity index is 1.85. The topological polar surface area (TPSA) is 38.7 Å². The highest BCUT2D eigenvalue weighted by Crippen LogP contribution is 2.42. The van der Waals surface area contributed by atoms with Crippen molar-refractivity contribution in [1.82, 2.24) is 0 Å². The largest absolute Gasteiger partial charge is 0.493 e. The van der Waals surface area contributed by atoms with Gasteiger partial charge >= 0.3 is 0 Å². The normalized spacial score (nSPS) is 28.0. The molecule has 3 rings (SSSR count). The molecule has 0 bridgehead atoms. The van der Waals surface area contributed by atoms with Gasteiger partial charge in [-0.05, 0) is 62.1 Å². The van der Waals surface area contributed by atoms with Crippen LogP contribution in [0.25, 0.3) is 0 Å². The first-order valence-corrected chi connectivity index (χ1v) is 8.14. The van der Waals surface area contributed by atoms with Crippen LogP contribution >= 0.6 is 0 Å². The van der Waals surface area contributed by atoms with Gasteiger partial charge in [-0.3, -0.25) is 0 Å². The fraction of sp³-hybridized carbons (Fsp3) is 0.579. The van der Waals surface area contributed by atoms with Gasteiger partial charge < -0.3 is 14.6 Å². The molecule has 0 saturated heterocycles. The minimum absolute atomic E-state index is 0.217. The number of ether oxygens (including phenoxy) is 2. The minimum atomic E-state index is -0.288. The van der Waals surface area contributed by atoms with Crippen molar-refractivity contribution in [3.05, 3.63) is 23.8 Å². The highest BCUT2D eigenvalue weighted by molar-refractivity contribution is 5.48. The van der Waals surface area contributed by atoms with Crippen molar-refractivity contribution in [2.45, 2.75) is 50.0 Å². The second-order valence-corrected chi connectivity index (χ2v) is 6.58. The average Bonchev–Trinajstić information content (AvgIpc) is 3.38. The second kappa shape index (κ2) is 6.22. The maximum absolute atomic E-state index is 9.76. The molecular formula is C19H24O3. The van der Waals surface area contributed by atoms with E-state index >= 15 is 0 Å². The van der Waals surface area contributed by atoms with E-state index in [1.807, 2.05) is 18.2 Å². The Morgan fingerprint density at radius 3 is 2.55 bits per heavy atom. The quantitative estimate of drug-likeness (QED) is 0.848. The van der Waals surface area contributed by atoms with E-state index in [1.165, 1.54) is 12.8 Å². The minimum Gasteiger partial charge on any atom is -0.493 e. The molecule has 1 N–H and O–H groups in total. The van der Waals surface area contributed by atoms with E-state index in [1.54, 1.807) is 7.11 Å². The molecule has 0 atom stereocenters. The summed E-state index contributed by atoms with van der Waals surface area (Å²) in [5, 5.41) is 9.76. The van der Waals surface area contributed by atoms with Crippen LogP contribution in [-0.4, -0.2) is 24.9 Å². The number of aliphatic hydroxyl groups excluding tert-OH is 1. The zero-order chi connectivity index (χ0) is 15.6. The fourth-order valence-corrected chi connectivity index (χ4v) is 3.19. The number of hydrogen-bond acceptors (Lipinski definition) is 3. The van der Waals surface area contributed by atoms with Crippen molar-refractivity contribution in [3.8, 4) is 23.8 Å². The van der Waals surface area contributed by atoms with Crippen LogP contribution in [0, 0.1) is 18.3 Å². The Hall–Kier alpha value is -1.66. The van der Waals surface area contributed by atoms with Crippen LogP contribution in [-0.2, 0) is 5.41 Å². The van der Waals surface area contributed by atoms with E-state index in [9.17, 15) is 5.11 Å². The van der Waals surface area contributed by atoms with Crippen LogP contribution in [0.1, 0.15) is 44.1 Å². The first-order valence-electron chi connectivity index (χ1n) is 8.14. The summed E-state index contributed by atoms with van der Waals surface area (Å²) in [5.74, 6) is 5.22. The maximum atomic E-state index is 9.76. The van der Waals surface area contributed by atoms with Gasteiger partial charge in [0.25, 0.3) is 0 Å². The number of rotatable bonds is 5. The van der Waals surface area contributed by atoms with Crippen LogP contribution in [0.4, 0.5) is 0 Å². The smallest absolute Gasteiger partial charge is 0.161 e.